The maximum absolute atomic E-state index is 11.5. The van der Waals surface area contributed by atoms with Crippen LogP contribution in [0.1, 0.15) is 17.9 Å². The van der Waals surface area contributed by atoms with Crippen LogP contribution in [0, 0.1) is 0 Å². The fraction of sp³-hybridized carbons (Fsp3) is 0.500. The normalized spacial score (nSPS) is 26.3. The highest BCUT2D eigenvalue weighted by atomic mass is 35.5. The zero-order valence-electron chi connectivity index (χ0n) is 7.06. The summed E-state index contributed by atoms with van der Waals surface area (Å²) in [4.78, 5) is 0. The summed E-state index contributed by atoms with van der Waals surface area (Å²) >= 11 is 0.854. The lowest BCUT2D eigenvalue weighted by molar-refractivity contribution is 0.570. The average molecular weight is 238 g/mol. The van der Waals surface area contributed by atoms with Crippen LogP contribution < -0.4 is 5.73 Å². The lowest BCUT2D eigenvalue weighted by Gasteiger charge is -2.22. The van der Waals surface area contributed by atoms with Gasteiger partial charge in [0, 0.05) is 17.9 Å². The van der Waals surface area contributed by atoms with Crippen LogP contribution in [0.4, 0.5) is 0 Å². The summed E-state index contributed by atoms with van der Waals surface area (Å²) in [7, 11) is 0. The van der Waals surface area contributed by atoms with Crippen molar-refractivity contribution in [2.45, 2.75) is 16.5 Å². The minimum atomic E-state index is -0.743. The van der Waals surface area contributed by atoms with E-state index in [0.29, 0.717) is 12.5 Å². The fourth-order valence-electron chi connectivity index (χ4n) is 1.54. The molecule has 0 unspecified atom stereocenters. The lowest BCUT2D eigenvalue weighted by Crippen LogP contribution is -2.23. The topological polar surface area (TPSA) is 49.1 Å². The third-order valence-electron chi connectivity index (χ3n) is 2.24. The fourth-order valence-corrected chi connectivity index (χ4v) is 4.27. The van der Waals surface area contributed by atoms with E-state index >= 15 is 0 Å². The number of nitrogens with two attached hydrogens (primary N) is 1. The molecule has 1 aromatic rings. The van der Waals surface area contributed by atoms with Gasteiger partial charge in [-0.15, -0.1) is 12.4 Å². The van der Waals surface area contributed by atoms with E-state index in [4.69, 9.17) is 5.73 Å². The second-order valence-corrected chi connectivity index (χ2v) is 5.62. The van der Waals surface area contributed by atoms with Gasteiger partial charge >= 0.3 is 0 Å². The molecule has 13 heavy (non-hydrogen) atoms. The molecular weight excluding hydrogens is 226 g/mol. The summed E-state index contributed by atoms with van der Waals surface area (Å²) in [6.07, 6.45) is 0.979. The van der Waals surface area contributed by atoms with Crippen molar-refractivity contribution in [3.63, 3.8) is 0 Å². The van der Waals surface area contributed by atoms with Crippen molar-refractivity contribution in [2.75, 3.05) is 12.3 Å². The van der Waals surface area contributed by atoms with Crippen molar-refractivity contribution in [3.8, 4) is 0 Å². The van der Waals surface area contributed by atoms with Crippen LogP contribution in [-0.4, -0.2) is 16.9 Å². The van der Waals surface area contributed by atoms with Crippen LogP contribution in [0.2, 0.25) is 0 Å². The van der Waals surface area contributed by atoms with E-state index in [1.807, 2.05) is 5.38 Å². The number of hydrogen-bond donors (Lipinski definition) is 1. The van der Waals surface area contributed by atoms with Gasteiger partial charge in [0.15, 0.2) is 0 Å². The molecule has 0 bridgehead atoms. The molecule has 0 saturated heterocycles. The van der Waals surface area contributed by atoms with Gasteiger partial charge in [-0.25, -0.2) is 0 Å². The van der Waals surface area contributed by atoms with Crippen molar-refractivity contribution in [1.29, 1.82) is 0 Å². The molecule has 0 spiro atoms. The Bertz CT molecular complexity index is 279. The van der Waals surface area contributed by atoms with E-state index in [-0.39, 0.29) is 12.4 Å². The predicted molar refractivity (Wildman–Crippen MR) is 59.3 cm³/mol. The number of thiophene rings is 1. The summed E-state index contributed by atoms with van der Waals surface area (Å²) in [5, 5.41) is 2.01. The van der Waals surface area contributed by atoms with Gasteiger partial charge in [0.25, 0.3) is 0 Å². The molecular formula is C8H12ClNOS2. The Kier molecular flexibility index (Phi) is 4.06. The summed E-state index contributed by atoms with van der Waals surface area (Å²) < 4.78 is 12.5. The van der Waals surface area contributed by atoms with Gasteiger partial charge in [-0.05, 0) is 29.2 Å². The van der Waals surface area contributed by atoms with Gasteiger partial charge in [0.1, 0.15) is 5.75 Å². The molecule has 1 aliphatic rings. The summed E-state index contributed by atoms with van der Waals surface area (Å²) in [5.74, 6) is 1.24. The molecule has 2 N–H and O–H groups in total. The predicted octanol–water partition coefficient (Wildman–Crippen LogP) is 1.72. The SMILES string of the molecule is Cl.NC[C@H]1CC[S@+]([O-])c2sccc21. The Morgan fingerprint density at radius 3 is 3.15 bits per heavy atom. The van der Waals surface area contributed by atoms with Crippen molar-refractivity contribution in [1.82, 2.24) is 0 Å². The van der Waals surface area contributed by atoms with Gasteiger partial charge in [-0.2, -0.15) is 0 Å². The Balaban J connectivity index is 0.000000845. The van der Waals surface area contributed by atoms with E-state index in [0.717, 1.165) is 16.4 Å². The molecule has 2 heterocycles. The van der Waals surface area contributed by atoms with E-state index in [9.17, 15) is 4.55 Å². The van der Waals surface area contributed by atoms with Crippen LogP contribution in [-0.2, 0) is 11.2 Å². The third-order valence-corrected chi connectivity index (χ3v) is 5.07. The van der Waals surface area contributed by atoms with Gasteiger partial charge in [0.05, 0.1) is 0 Å². The summed E-state index contributed by atoms with van der Waals surface area (Å²) in [6, 6.07) is 2.06. The first-order valence-corrected chi connectivity index (χ1v) is 6.18. The minimum Gasteiger partial charge on any atom is -0.611 e. The molecule has 1 aliphatic heterocycles. The monoisotopic (exact) mass is 237 g/mol. The first-order chi connectivity index (χ1) is 5.83. The van der Waals surface area contributed by atoms with Gasteiger partial charge in [-0.3, -0.25) is 0 Å². The molecule has 2 nitrogen and oxygen atoms in total. The summed E-state index contributed by atoms with van der Waals surface area (Å²) in [5.41, 5.74) is 6.86. The Hall–Kier alpha value is 0.260. The van der Waals surface area contributed by atoms with E-state index in [1.54, 1.807) is 11.3 Å². The summed E-state index contributed by atoms with van der Waals surface area (Å²) in [6.45, 7) is 0.681. The Morgan fingerprint density at radius 2 is 2.46 bits per heavy atom. The van der Waals surface area contributed by atoms with Crippen LogP contribution in [0.5, 0.6) is 0 Å². The first kappa shape index (κ1) is 11.3. The Morgan fingerprint density at radius 1 is 1.69 bits per heavy atom. The quantitative estimate of drug-likeness (QED) is 0.757. The van der Waals surface area contributed by atoms with Crippen molar-refractivity contribution < 1.29 is 4.55 Å². The first-order valence-electron chi connectivity index (χ1n) is 3.98. The molecule has 0 saturated carbocycles. The van der Waals surface area contributed by atoms with Crippen molar-refractivity contribution >= 4 is 34.9 Å². The number of halogens is 1. The highest BCUT2D eigenvalue weighted by Gasteiger charge is 2.29. The highest BCUT2D eigenvalue weighted by molar-refractivity contribution is 7.93. The largest absolute Gasteiger partial charge is 0.611 e. The molecule has 0 amide bonds. The Labute approximate surface area is 91.1 Å². The second-order valence-electron chi connectivity index (χ2n) is 2.93. The molecule has 0 fully saturated rings. The average Bonchev–Trinajstić information content (AvgIpc) is 2.54. The van der Waals surface area contributed by atoms with E-state index in [1.165, 1.54) is 5.56 Å². The van der Waals surface area contributed by atoms with Crippen molar-refractivity contribution in [3.05, 3.63) is 17.0 Å². The lowest BCUT2D eigenvalue weighted by atomic mass is 9.99. The highest BCUT2D eigenvalue weighted by Crippen LogP contribution is 2.36. The minimum absolute atomic E-state index is 0. The molecule has 1 aromatic heterocycles. The van der Waals surface area contributed by atoms with Crippen molar-refractivity contribution in [2.24, 2.45) is 5.73 Å². The zero-order valence-corrected chi connectivity index (χ0v) is 9.51. The van der Waals surface area contributed by atoms with Gasteiger partial charge in [-0.1, -0.05) is 11.3 Å². The molecule has 2 atom stereocenters. The van der Waals surface area contributed by atoms with Gasteiger partial charge < -0.3 is 10.3 Å². The zero-order chi connectivity index (χ0) is 8.55. The molecule has 0 aromatic carbocycles. The maximum atomic E-state index is 11.5. The number of hydrogen-bond acceptors (Lipinski definition) is 3. The molecule has 2 rings (SSSR count). The molecule has 74 valence electrons. The van der Waals surface area contributed by atoms with Crippen LogP contribution in [0.3, 0.4) is 0 Å². The van der Waals surface area contributed by atoms with Crippen LogP contribution in [0.15, 0.2) is 15.7 Å². The van der Waals surface area contributed by atoms with Crippen LogP contribution in [0.25, 0.3) is 0 Å². The maximum Gasteiger partial charge on any atom is 0.210 e. The number of fused-ring (bicyclic) bond motifs is 1. The smallest absolute Gasteiger partial charge is 0.210 e. The van der Waals surface area contributed by atoms with E-state index < -0.39 is 11.2 Å². The third kappa shape index (κ3) is 2.02. The van der Waals surface area contributed by atoms with E-state index in [2.05, 4.69) is 6.07 Å². The molecule has 0 aliphatic carbocycles. The molecule has 5 heteroatoms. The standard InChI is InChI=1S/C8H11NOS2.ClH/c9-5-6-2-4-12(10)8-7(6)1-3-11-8;/h1,3,6H,2,4-5,9H2;1H/t6-,12+;/m1./s1. The van der Waals surface area contributed by atoms with Gasteiger partial charge in [0.2, 0.25) is 4.21 Å². The molecule has 0 radical (unpaired) electrons. The van der Waals surface area contributed by atoms with Crippen LogP contribution >= 0.6 is 23.7 Å². The second kappa shape index (κ2) is 4.66. The number of rotatable bonds is 1.